The second kappa shape index (κ2) is 32.3. The number of primary amides is 1. The first kappa shape index (κ1) is 54.2. The van der Waals surface area contributed by atoms with Crippen LogP contribution in [-0.2, 0) is 73.8 Å². The van der Waals surface area contributed by atoms with Crippen molar-refractivity contribution in [1.29, 1.82) is 0 Å². The number of carbonyl (C=O) groups excluding carboxylic acids is 8. The molecule has 50 heavy (non-hydrogen) atoms. The smallest absolute Gasteiger partial charge is 0.253 e. The van der Waals surface area contributed by atoms with Crippen LogP contribution in [0.15, 0.2) is 24.3 Å². The van der Waals surface area contributed by atoms with Gasteiger partial charge in [0, 0.05) is 92.1 Å². The number of amides is 7. The zero-order valence-electron chi connectivity index (χ0n) is 26.3. The van der Waals surface area contributed by atoms with Crippen LogP contribution >= 0.6 is 21.4 Å². The van der Waals surface area contributed by atoms with Gasteiger partial charge >= 0.3 is 0 Å². The number of hydrogen-bond acceptors (Lipinski definition) is 11. The number of nitrogens with one attached hydrogen (secondary N) is 2. The minimum atomic E-state index is -0.381. The molecule has 2 rings (SSSR count). The van der Waals surface area contributed by atoms with E-state index in [2.05, 4.69) is 46.1 Å². The number of carbonyl (C=O) groups is 8. The van der Waals surface area contributed by atoms with Gasteiger partial charge in [-0.25, -0.2) is 0 Å². The van der Waals surface area contributed by atoms with Gasteiger partial charge in [-0.3, -0.25) is 48.2 Å². The van der Waals surface area contributed by atoms with Crippen molar-refractivity contribution in [2.24, 2.45) is 17.6 Å². The van der Waals surface area contributed by atoms with E-state index in [0.717, 1.165) is 56.0 Å². The second-order valence-corrected chi connectivity index (χ2v) is 15.7. The zero-order valence-corrected chi connectivity index (χ0v) is 31.4. The number of rotatable bonds is 20. The maximum Gasteiger partial charge on any atom is 0.253 e. The minimum absolute atomic E-state index is 0. The number of unbranched alkanes of at least 4 members (excludes halogenated alkanes) is 2. The first-order chi connectivity index (χ1) is 22.3. The van der Waals surface area contributed by atoms with E-state index in [4.69, 9.17) is 5.73 Å². The number of imide groups is 2. The Morgan fingerprint density at radius 3 is 1.32 bits per heavy atom. The summed E-state index contributed by atoms with van der Waals surface area (Å²) in [6, 6.07) is 0. The van der Waals surface area contributed by atoms with Gasteiger partial charge in [0.2, 0.25) is 17.7 Å². The highest BCUT2D eigenvalue weighted by atomic mass is 32.7. The lowest BCUT2D eigenvalue weighted by molar-refractivity contribution is -0.139. The van der Waals surface area contributed by atoms with Crippen molar-refractivity contribution in [3.63, 3.8) is 0 Å². The van der Waals surface area contributed by atoms with Crippen LogP contribution in [0, 0.1) is 11.8 Å². The van der Waals surface area contributed by atoms with E-state index in [1.54, 1.807) is 6.92 Å². The highest BCUT2D eigenvalue weighted by Crippen LogP contribution is 2.14. The predicted octanol–water partition coefficient (Wildman–Crippen LogP) is 4.99. The number of nitrogens with zero attached hydrogens (tertiary/aromatic N) is 2. The summed E-state index contributed by atoms with van der Waals surface area (Å²) in [5, 5.41) is 5.45. The predicted molar refractivity (Wildman–Crippen MR) is 214 cm³/mol. The van der Waals surface area contributed by atoms with Crippen molar-refractivity contribution in [3.8, 4) is 0 Å². The summed E-state index contributed by atoms with van der Waals surface area (Å²) in [5.74, 6) is -2.41. The molecule has 0 aromatic carbocycles. The molecule has 2 aliphatic heterocycles. The lowest BCUT2D eigenvalue weighted by atomic mass is 10.0. The van der Waals surface area contributed by atoms with Gasteiger partial charge in [0.05, 0.1) is 7.36 Å². The molecule has 286 valence electrons. The van der Waals surface area contributed by atoms with Crippen LogP contribution in [0.3, 0.4) is 0 Å². The zero-order chi connectivity index (χ0) is 35.8. The van der Waals surface area contributed by atoms with Crippen molar-refractivity contribution in [2.75, 3.05) is 26.2 Å². The van der Waals surface area contributed by atoms with Crippen LogP contribution in [-0.4, -0.2) is 82.9 Å². The summed E-state index contributed by atoms with van der Waals surface area (Å²) in [5.41, 5.74) is 5.21. The van der Waals surface area contributed by atoms with E-state index in [9.17, 15) is 38.4 Å². The Kier molecular flexibility index (Phi) is 35.0. The molecule has 0 radical (unpaired) electrons. The summed E-state index contributed by atoms with van der Waals surface area (Å²) >= 11 is 13.5. The molecule has 0 saturated heterocycles. The van der Waals surface area contributed by atoms with E-state index in [-0.39, 0.29) is 110 Å². The fraction of sp³-hybridized carbons (Fsp3) is 0.613. The van der Waals surface area contributed by atoms with Gasteiger partial charge in [-0.15, -0.1) is 0 Å². The summed E-state index contributed by atoms with van der Waals surface area (Å²) < 4.78 is 0. The van der Waals surface area contributed by atoms with E-state index in [0.29, 0.717) is 26.9 Å². The standard InChI is InChI=1S/C14H21N3O4.C14H19N2O4PS.3CH4.P2S2.2H2/c1-10(14(15)21)4-2-3-8-16-11(18)7-9-17-12(19)5-6-13(17)20;1-10(14(20)21-22)4-2-3-8-15-11(17)7-9-16-12(18)5-6-13(16)19;;;;3-1-2-4;;/h5-6,10H,2-4,7-9H2,1H3,(H2,15,21)(H,16,18);5-6,10H,2-4,7-9H2,1H3,(H,15,17);3*1H4;;2*1H/t10-;;;;;;;/m0......./s1. The maximum absolute atomic E-state index is 11.6. The summed E-state index contributed by atoms with van der Waals surface area (Å²) in [7, 11) is 2.12. The van der Waals surface area contributed by atoms with Gasteiger partial charge in [-0.05, 0) is 61.1 Å². The molecule has 0 bridgehead atoms. The summed E-state index contributed by atoms with van der Waals surface area (Å²) in [6.45, 7) is 4.85. The molecule has 7 amide bonds. The normalized spacial score (nSPS) is 14.0. The fourth-order valence-electron chi connectivity index (χ4n) is 3.87. The van der Waals surface area contributed by atoms with Crippen LogP contribution in [0.2, 0.25) is 0 Å². The Labute approximate surface area is 319 Å². The lowest BCUT2D eigenvalue weighted by Gasteiger charge is -2.13. The van der Waals surface area contributed by atoms with Gasteiger partial charge in [0.1, 0.15) is 0 Å². The van der Waals surface area contributed by atoms with Crippen LogP contribution in [0.5, 0.6) is 0 Å². The Balaban J connectivity index is -0.000000169. The second-order valence-electron chi connectivity index (χ2n) is 10.3. The molecule has 19 heteroatoms. The Bertz CT molecular complexity index is 1220. The molecule has 0 aliphatic carbocycles. The number of hydrogen-bond donors (Lipinski definition) is 3. The topological polar surface area (TPSA) is 193 Å². The first-order valence-corrected chi connectivity index (χ1v) is 21.1. The third kappa shape index (κ3) is 24.5. The van der Waals surface area contributed by atoms with Crippen molar-refractivity contribution >= 4 is 104 Å². The third-order valence-electron chi connectivity index (χ3n) is 6.73. The van der Waals surface area contributed by atoms with Crippen LogP contribution < -0.4 is 16.4 Å². The SMILES string of the molecule is C.C.C.CC(CCCCNC(=O)CCN1C(=O)C=CC1=O)C(=O)P=S.C[C@@H](CCCCNC(=O)CCN1C(=O)C=CC1=O)C(N)=O.S=PP=S.[HH].[HH]. The molecule has 2 aliphatic rings. The molecule has 0 saturated carbocycles. The van der Waals surface area contributed by atoms with E-state index < -0.39 is 0 Å². The van der Waals surface area contributed by atoms with Gasteiger partial charge in [0.25, 0.3) is 23.6 Å². The molecule has 0 aromatic heterocycles. The molecular weight excluding hydrogens is 759 g/mol. The van der Waals surface area contributed by atoms with Crippen LogP contribution in [0.1, 0.15) is 90.3 Å². The molecule has 0 aromatic rings. The quantitative estimate of drug-likeness (QED) is 0.0853. The summed E-state index contributed by atoms with van der Waals surface area (Å²) in [6.07, 6.45) is 9.63. The molecule has 2 atom stereocenters. The largest absolute Gasteiger partial charge is 0.369 e. The Morgan fingerprint density at radius 2 is 1.02 bits per heavy atom. The van der Waals surface area contributed by atoms with E-state index in [1.807, 2.05) is 6.92 Å². The van der Waals surface area contributed by atoms with Crippen molar-refractivity contribution in [2.45, 2.75) is 87.5 Å². The minimum Gasteiger partial charge on any atom is -0.369 e. The first-order valence-electron chi connectivity index (χ1n) is 14.7. The van der Waals surface area contributed by atoms with Crippen molar-refractivity contribution in [1.82, 2.24) is 20.4 Å². The van der Waals surface area contributed by atoms with Crippen LogP contribution in [0.4, 0.5) is 0 Å². The molecule has 0 fully saturated rings. The lowest BCUT2D eigenvalue weighted by Crippen LogP contribution is -2.35. The highest BCUT2D eigenvalue weighted by Gasteiger charge is 2.24. The number of nitrogens with two attached hydrogens (primary N) is 1. The molecular formula is C31H56N5O8P3S3. The molecule has 13 nitrogen and oxygen atoms in total. The van der Waals surface area contributed by atoms with Gasteiger partial charge in [0.15, 0.2) is 5.52 Å². The van der Waals surface area contributed by atoms with E-state index in [1.165, 1.54) is 24.3 Å². The maximum atomic E-state index is 11.6. The highest BCUT2D eigenvalue weighted by molar-refractivity contribution is 8.40. The molecule has 1 unspecified atom stereocenters. The summed E-state index contributed by atoms with van der Waals surface area (Å²) in [4.78, 5) is 92.5. The van der Waals surface area contributed by atoms with Crippen molar-refractivity contribution < 1.29 is 41.2 Å². The van der Waals surface area contributed by atoms with Gasteiger partial charge in [-0.1, -0.05) is 49.0 Å². The molecule has 4 N–H and O–H groups in total. The third-order valence-corrected chi connectivity index (χ3v) is 10.6. The van der Waals surface area contributed by atoms with Crippen LogP contribution in [0.25, 0.3) is 0 Å². The Morgan fingerprint density at radius 1 is 0.680 bits per heavy atom. The Hall–Kier alpha value is -2.60. The molecule has 2 heterocycles. The average Bonchev–Trinajstić information content (AvgIpc) is 3.55. The molecule has 0 spiro atoms. The monoisotopic (exact) mass is 815 g/mol. The van der Waals surface area contributed by atoms with E-state index >= 15 is 0 Å². The fourth-order valence-corrected chi connectivity index (χ4v) is 4.72. The van der Waals surface area contributed by atoms with Crippen molar-refractivity contribution in [3.05, 3.63) is 24.3 Å². The average molecular weight is 816 g/mol. The van der Waals surface area contributed by atoms with Gasteiger partial charge < -0.3 is 16.4 Å². The van der Waals surface area contributed by atoms with Gasteiger partial charge in [-0.2, -0.15) is 0 Å².